The highest BCUT2D eigenvalue weighted by Crippen LogP contribution is 2.43. The molecule has 0 aliphatic rings. The minimum absolute atomic E-state index is 0.187. The molecule has 9 aromatic rings. The van der Waals surface area contributed by atoms with Gasteiger partial charge in [0.1, 0.15) is 0 Å². The van der Waals surface area contributed by atoms with E-state index in [0.717, 1.165) is 58.4 Å². The van der Waals surface area contributed by atoms with Crippen molar-refractivity contribution in [2.75, 3.05) is 0 Å². The molecule has 4 heteroatoms. The number of thiophene rings is 1. The number of benzene rings is 7. The van der Waals surface area contributed by atoms with Gasteiger partial charge in [0.15, 0.2) is 17.5 Å². The van der Waals surface area contributed by atoms with E-state index in [4.69, 9.17) is 21.8 Å². The van der Waals surface area contributed by atoms with Gasteiger partial charge in [0.05, 0.1) is 6.85 Å². The van der Waals surface area contributed by atoms with Crippen molar-refractivity contribution in [1.82, 2.24) is 15.0 Å². The Kier molecular flexibility index (Phi) is 4.90. The Hall–Kier alpha value is -5.71. The number of rotatable bonds is 4. The standard InChI is InChI=1S/C41H25N3S/c1-2-12-28(13-3-1)33-16-8-17-34-37-35(18-9-19-36(37)45-38(33)34)41-43-39(31-22-20-26-10-4-6-14-29(26)24-31)42-40(44-41)32-23-21-27-11-5-7-15-30(27)25-32/h1-25H/i1D,2D,3D,12D,13D. The lowest BCUT2D eigenvalue weighted by Crippen LogP contribution is -2.00. The van der Waals surface area contributed by atoms with Gasteiger partial charge in [-0.2, -0.15) is 0 Å². The molecule has 0 saturated heterocycles. The maximum atomic E-state index is 8.68. The molecule has 0 atom stereocenters. The van der Waals surface area contributed by atoms with Gasteiger partial charge in [0.2, 0.25) is 0 Å². The Morgan fingerprint density at radius 3 is 1.71 bits per heavy atom. The minimum Gasteiger partial charge on any atom is -0.208 e. The van der Waals surface area contributed by atoms with E-state index in [0.29, 0.717) is 23.0 Å². The van der Waals surface area contributed by atoms with E-state index < -0.39 is 6.04 Å². The average molecular weight is 597 g/mol. The second-order valence-corrected chi connectivity index (χ2v) is 11.9. The van der Waals surface area contributed by atoms with Crippen molar-refractivity contribution < 1.29 is 6.85 Å². The summed E-state index contributed by atoms with van der Waals surface area (Å²) >= 11 is 1.52. The molecule has 0 fully saturated rings. The van der Waals surface area contributed by atoms with Gasteiger partial charge >= 0.3 is 0 Å². The maximum Gasteiger partial charge on any atom is 0.164 e. The van der Waals surface area contributed by atoms with Crippen LogP contribution in [-0.4, -0.2) is 15.0 Å². The molecule has 9 rings (SSSR count). The van der Waals surface area contributed by atoms with Crippen LogP contribution in [0.1, 0.15) is 6.85 Å². The van der Waals surface area contributed by atoms with Crippen LogP contribution in [0.5, 0.6) is 0 Å². The molecule has 0 bridgehead atoms. The Labute approximate surface area is 271 Å². The van der Waals surface area contributed by atoms with Gasteiger partial charge in [-0.1, -0.05) is 133 Å². The van der Waals surface area contributed by atoms with Gasteiger partial charge in [-0.15, -0.1) is 11.3 Å². The molecule has 210 valence electrons. The number of hydrogen-bond donors (Lipinski definition) is 0. The third-order valence-electron chi connectivity index (χ3n) is 8.18. The highest BCUT2D eigenvalue weighted by Gasteiger charge is 2.18. The monoisotopic (exact) mass is 596 g/mol. The summed E-state index contributed by atoms with van der Waals surface area (Å²) in [5, 5.41) is 6.26. The Balaban J connectivity index is 1.30. The predicted octanol–water partition coefficient (Wildman–Crippen LogP) is 11.2. The zero-order chi connectivity index (χ0) is 34.1. The topological polar surface area (TPSA) is 38.7 Å². The Morgan fingerprint density at radius 2 is 1.04 bits per heavy atom. The normalized spacial score (nSPS) is 13.1. The lowest BCUT2D eigenvalue weighted by molar-refractivity contribution is 1.08. The molecule has 0 saturated carbocycles. The van der Waals surface area contributed by atoms with Crippen LogP contribution in [0.25, 0.3) is 87.0 Å². The van der Waals surface area contributed by atoms with Crippen LogP contribution in [-0.2, 0) is 0 Å². The molecule has 0 N–H and O–H groups in total. The van der Waals surface area contributed by atoms with Crippen LogP contribution in [0.3, 0.4) is 0 Å². The van der Waals surface area contributed by atoms with Gasteiger partial charge in [-0.25, -0.2) is 15.0 Å². The van der Waals surface area contributed by atoms with Crippen molar-refractivity contribution in [1.29, 1.82) is 0 Å². The molecule has 3 nitrogen and oxygen atoms in total. The van der Waals surface area contributed by atoms with E-state index in [2.05, 4.69) is 48.5 Å². The Bertz CT molecular complexity index is 2720. The van der Waals surface area contributed by atoms with E-state index >= 15 is 0 Å². The lowest BCUT2D eigenvalue weighted by atomic mass is 10.0. The number of fused-ring (bicyclic) bond motifs is 5. The van der Waals surface area contributed by atoms with E-state index in [9.17, 15) is 0 Å². The first-order valence-corrected chi connectivity index (χ1v) is 15.4. The molecular formula is C41H25N3S. The molecule has 0 radical (unpaired) electrons. The van der Waals surface area contributed by atoms with Crippen LogP contribution in [0.4, 0.5) is 0 Å². The highest BCUT2D eigenvalue weighted by atomic mass is 32.1. The van der Waals surface area contributed by atoms with Crippen molar-refractivity contribution >= 4 is 53.1 Å². The van der Waals surface area contributed by atoms with Crippen molar-refractivity contribution in [2.24, 2.45) is 0 Å². The summed E-state index contributed by atoms with van der Waals surface area (Å²) in [5.41, 5.74) is 3.35. The Morgan fingerprint density at radius 1 is 0.467 bits per heavy atom. The second-order valence-electron chi connectivity index (χ2n) is 10.9. The molecule has 0 spiro atoms. The van der Waals surface area contributed by atoms with Crippen LogP contribution in [0.15, 0.2) is 152 Å². The van der Waals surface area contributed by atoms with Crippen molar-refractivity contribution in [2.45, 2.75) is 0 Å². The van der Waals surface area contributed by atoms with Gasteiger partial charge < -0.3 is 0 Å². The van der Waals surface area contributed by atoms with Crippen molar-refractivity contribution in [3.05, 3.63) is 152 Å². The lowest BCUT2D eigenvalue weighted by Gasteiger charge is -2.11. The van der Waals surface area contributed by atoms with Crippen LogP contribution in [0, 0.1) is 0 Å². The molecule has 45 heavy (non-hydrogen) atoms. The van der Waals surface area contributed by atoms with Gasteiger partial charge in [0, 0.05) is 36.9 Å². The molecular weight excluding hydrogens is 567 g/mol. The molecule has 7 aromatic carbocycles. The summed E-state index contributed by atoms with van der Waals surface area (Å²) in [4.78, 5) is 15.2. The fraction of sp³-hybridized carbons (Fsp3) is 0. The first-order chi connectivity index (χ1) is 24.4. The van der Waals surface area contributed by atoms with Crippen LogP contribution >= 0.6 is 11.3 Å². The highest BCUT2D eigenvalue weighted by molar-refractivity contribution is 7.26. The first kappa shape index (κ1) is 21.1. The predicted molar refractivity (Wildman–Crippen MR) is 189 cm³/mol. The van der Waals surface area contributed by atoms with E-state index in [1.54, 1.807) is 0 Å². The summed E-state index contributed by atoms with van der Waals surface area (Å²) in [6.45, 7) is 0. The number of nitrogens with zero attached hydrogens (tertiary/aromatic N) is 3. The van der Waals surface area contributed by atoms with E-state index in [1.165, 1.54) is 11.3 Å². The maximum absolute atomic E-state index is 8.68. The van der Waals surface area contributed by atoms with Crippen molar-refractivity contribution in [3.8, 4) is 45.3 Å². The summed E-state index contributed by atoms with van der Waals surface area (Å²) in [6.07, 6.45) is 0. The smallest absolute Gasteiger partial charge is 0.164 e. The van der Waals surface area contributed by atoms with Gasteiger partial charge in [-0.3, -0.25) is 0 Å². The average Bonchev–Trinajstić information content (AvgIpc) is 3.55. The zero-order valence-electron chi connectivity index (χ0n) is 28.8. The van der Waals surface area contributed by atoms with Crippen LogP contribution < -0.4 is 0 Å². The number of aromatic nitrogens is 3. The first-order valence-electron chi connectivity index (χ1n) is 17.1. The number of hydrogen-bond acceptors (Lipinski definition) is 4. The summed E-state index contributed by atoms with van der Waals surface area (Å²) in [5.74, 6) is 1.63. The molecule has 0 aliphatic carbocycles. The fourth-order valence-corrected chi connectivity index (χ4v) is 7.28. The third-order valence-corrected chi connectivity index (χ3v) is 9.39. The quantitative estimate of drug-likeness (QED) is 0.203. The fourth-order valence-electron chi connectivity index (χ4n) is 6.03. The summed E-state index contributed by atoms with van der Waals surface area (Å²) in [6, 6.07) is 39.0. The summed E-state index contributed by atoms with van der Waals surface area (Å²) < 4.78 is 43.8. The zero-order valence-corrected chi connectivity index (χ0v) is 24.6. The van der Waals surface area contributed by atoms with Crippen LogP contribution in [0.2, 0.25) is 0 Å². The van der Waals surface area contributed by atoms with E-state index in [-0.39, 0.29) is 29.7 Å². The molecule has 2 aromatic heterocycles. The minimum atomic E-state index is -0.408. The van der Waals surface area contributed by atoms with E-state index in [1.807, 2.05) is 72.8 Å². The van der Waals surface area contributed by atoms with Gasteiger partial charge in [0.25, 0.3) is 0 Å². The van der Waals surface area contributed by atoms with Gasteiger partial charge in [-0.05, 0) is 50.9 Å². The molecule has 0 aliphatic heterocycles. The third kappa shape index (κ3) is 4.46. The summed E-state index contributed by atoms with van der Waals surface area (Å²) in [7, 11) is 0. The van der Waals surface area contributed by atoms with Crippen molar-refractivity contribution in [3.63, 3.8) is 0 Å². The molecule has 0 amide bonds. The largest absolute Gasteiger partial charge is 0.208 e. The second kappa shape index (κ2) is 10.5. The SMILES string of the molecule is [2H]c1c([2H])c([2H])c(-c2cccc3c2sc2cccc(-c4nc(-c5ccc6ccccc6c5)nc(-c5ccc6ccccc6c5)n4)c23)c([2H])c1[2H]. The molecule has 2 heterocycles. The molecule has 0 unspecified atom stereocenters.